The first-order valence-corrected chi connectivity index (χ1v) is 15.4. The fourth-order valence-electron chi connectivity index (χ4n) is 4.71. The summed E-state index contributed by atoms with van der Waals surface area (Å²) >= 11 is 0. The van der Waals surface area contributed by atoms with Crippen molar-refractivity contribution >= 4 is 27.5 Å². The molecule has 4 heterocycles. The van der Waals surface area contributed by atoms with Gasteiger partial charge in [-0.2, -0.15) is 0 Å². The highest BCUT2D eigenvalue weighted by atomic mass is 32.2. The molecule has 0 atom stereocenters. The molecule has 0 saturated carbocycles. The Kier molecular flexibility index (Phi) is 8.65. The number of nitrogens with zero attached hydrogens (tertiary/aromatic N) is 4. The molecule has 45 heavy (non-hydrogen) atoms. The number of carbonyl (C=O) groups excluding carboxylic acids is 1. The normalized spacial score (nSPS) is 14.3. The van der Waals surface area contributed by atoms with Crippen molar-refractivity contribution in [3.63, 3.8) is 0 Å². The molecule has 1 saturated heterocycles. The zero-order valence-corrected chi connectivity index (χ0v) is 25.7. The molecule has 1 fully saturated rings. The van der Waals surface area contributed by atoms with E-state index in [-0.39, 0.29) is 23.4 Å². The van der Waals surface area contributed by atoms with Crippen LogP contribution in [0.3, 0.4) is 0 Å². The number of sulfonamides is 1. The number of halogens is 2. The minimum absolute atomic E-state index is 0.0306. The number of nitrogens with one attached hydrogen (secondary N) is 1. The van der Waals surface area contributed by atoms with Crippen LogP contribution in [0.4, 0.5) is 19.3 Å². The molecule has 1 aromatic carbocycles. The molecular formula is C30H31F2N5O7S. The third-order valence-electron chi connectivity index (χ3n) is 6.86. The SMILES string of the molecule is COc1ncc(-c2ccc3ncc(OC4CCN(C(=O)OC(C)(C)C)CC4)c(=O)n3c2)cc1NS(=O)(=O)c1ccc(F)cc1F. The van der Waals surface area contributed by atoms with Crippen LogP contribution in [0.25, 0.3) is 16.8 Å². The van der Waals surface area contributed by atoms with Gasteiger partial charge in [0, 0.05) is 55.5 Å². The summed E-state index contributed by atoms with van der Waals surface area (Å²) in [6.45, 7) is 6.23. The van der Waals surface area contributed by atoms with Crippen molar-refractivity contribution < 1.29 is 36.2 Å². The molecule has 5 rings (SSSR count). The molecule has 4 aromatic rings. The molecule has 0 bridgehead atoms. The maximum absolute atomic E-state index is 14.3. The second kappa shape index (κ2) is 12.3. The van der Waals surface area contributed by atoms with Crippen LogP contribution in [0, 0.1) is 11.6 Å². The molecule has 238 valence electrons. The molecule has 0 radical (unpaired) electrons. The lowest BCUT2D eigenvalue weighted by molar-refractivity contribution is 0.0125. The molecule has 0 spiro atoms. The Bertz CT molecular complexity index is 1920. The van der Waals surface area contributed by atoms with Crippen molar-refractivity contribution in [2.45, 2.75) is 50.2 Å². The minimum Gasteiger partial charge on any atom is -0.483 e. The number of likely N-dealkylation sites (tertiary alicyclic amines) is 1. The van der Waals surface area contributed by atoms with Crippen molar-refractivity contribution in [3.05, 3.63) is 77.0 Å². The van der Waals surface area contributed by atoms with Crippen LogP contribution in [0.2, 0.25) is 0 Å². The van der Waals surface area contributed by atoms with E-state index in [9.17, 15) is 26.8 Å². The van der Waals surface area contributed by atoms with Gasteiger partial charge in [-0.05, 0) is 51.1 Å². The molecule has 0 aliphatic carbocycles. The number of carbonyl (C=O) groups is 1. The first-order chi connectivity index (χ1) is 21.2. The highest BCUT2D eigenvalue weighted by Crippen LogP contribution is 2.31. The summed E-state index contributed by atoms with van der Waals surface area (Å²) in [5.74, 6) is -2.26. The zero-order chi connectivity index (χ0) is 32.5. The molecule has 0 unspecified atom stereocenters. The Hall–Kier alpha value is -4.79. The number of piperidine rings is 1. The van der Waals surface area contributed by atoms with Gasteiger partial charge in [-0.3, -0.25) is 13.9 Å². The van der Waals surface area contributed by atoms with Crippen LogP contribution in [0.15, 0.2) is 64.7 Å². The second-order valence-electron chi connectivity index (χ2n) is 11.3. The number of anilines is 1. The minimum atomic E-state index is -4.49. The summed E-state index contributed by atoms with van der Waals surface area (Å²) in [4.78, 5) is 35.1. The first-order valence-electron chi connectivity index (χ1n) is 13.9. The number of methoxy groups -OCH3 is 1. The van der Waals surface area contributed by atoms with Gasteiger partial charge in [-0.15, -0.1) is 0 Å². The summed E-state index contributed by atoms with van der Waals surface area (Å²) < 4.78 is 73.6. The lowest BCUT2D eigenvalue weighted by Gasteiger charge is -2.33. The van der Waals surface area contributed by atoms with E-state index in [4.69, 9.17) is 14.2 Å². The highest BCUT2D eigenvalue weighted by Gasteiger charge is 2.28. The van der Waals surface area contributed by atoms with E-state index >= 15 is 0 Å². The lowest BCUT2D eigenvalue weighted by atomic mass is 10.1. The number of pyridine rings is 2. The smallest absolute Gasteiger partial charge is 0.410 e. The lowest BCUT2D eigenvalue weighted by Crippen LogP contribution is -2.44. The summed E-state index contributed by atoms with van der Waals surface area (Å²) in [6, 6.07) is 6.77. The average molecular weight is 644 g/mol. The number of fused-ring (bicyclic) bond motifs is 1. The fraction of sp³-hybridized carbons (Fsp3) is 0.333. The van der Waals surface area contributed by atoms with Gasteiger partial charge < -0.3 is 19.1 Å². The number of hydrogen-bond acceptors (Lipinski definition) is 9. The summed E-state index contributed by atoms with van der Waals surface area (Å²) in [6.07, 6.45) is 4.56. The Labute approximate surface area is 257 Å². The van der Waals surface area contributed by atoms with Crippen LogP contribution in [0.1, 0.15) is 33.6 Å². The van der Waals surface area contributed by atoms with Gasteiger partial charge in [0.05, 0.1) is 13.3 Å². The standard InChI is InChI=1S/C30H31F2N5O7S/c1-30(2,3)44-29(39)36-11-9-21(10-12-36)43-24-16-33-26-8-5-18(17-37(26)28(24)38)19-13-23(27(42-4)34-15-19)35-45(40,41)25-7-6-20(31)14-22(25)32/h5-8,13-17,21,35H,9-12H2,1-4H3. The molecule has 15 heteroatoms. The maximum Gasteiger partial charge on any atom is 0.410 e. The van der Waals surface area contributed by atoms with E-state index < -0.39 is 43.8 Å². The largest absolute Gasteiger partial charge is 0.483 e. The predicted octanol–water partition coefficient (Wildman–Crippen LogP) is 4.62. The molecular weight excluding hydrogens is 612 g/mol. The van der Waals surface area contributed by atoms with E-state index in [0.717, 1.165) is 12.1 Å². The number of hydrogen-bond donors (Lipinski definition) is 1. The predicted molar refractivity (Wildman–Crippen MR) is 160 cm³/mol. The highest BCUT2D eigenvalue weighted by molar-refractivity contribution is 7.92. The van der Waals surface area contributed by atoms with Gasteiger partial charge in [0.2, 0.25) is 11.6 Å². The van der Waals surface area contributed by atoms with Gasteiger partial charge in [-0.25, -0.2) is 32.0 Å². The van der Waals surface area contributed by atoms with Crippen LogP contribution in [-0.4, -0.2) is 65.7 Å². The van der Waals surface area contributed by atoms with Crippen molar-refractivity contribution in [2.75, 3.05) is 24.9 Å². The number of aromatic nitrogens is 3. The van der Waals surface area contributed by atoms with Crippen molar-refractivity contribution in [2.24, 2.45) is 0 Å². The molecule has 1 N–H and O–H groups in total. The van der Waals surface area contributed by atoms with Crippen LogP contribution >= 0.6 is 0 Å². The van der Waals surface area contributed by atoms with E-state index in [2.05, 4.69) is 14.7 Å². The van der Waals surface area contributed by atoms with Gasteiger partial charge in [0.15, 0.2) is 0 Å². The van der Waals surface area contributed by atoms with E-state index in [1.165, 1.54) is 36.2 Å². The second-order valence-corrected chi connectivity index (χ2v) is 13.0. The number of rotatable bonds is 7. The average Bonchev–Trinajstić information content (AvgIpc) is 2.97. The van der Waals surface area contributed by atoms with Gasteiger partial charge >= 0.3 is 6.09 Å². The molecule has 1 aliphatic rings. The Morgan fingerprint density at radius 2 is 1.76 bits per heavy atom. The van der Waals surface area contributed by atoms with Gasteiger partial charge in [0.1, 0.15) is 39.6 Å². The Morgan fingerprint density at radius 1 is 1.02 bits per heavy atom. The third kappa shape index (κ3) is 7.14. The molecule has 3 aromatic heterocycles. The number of amides is 1. The summed E-state index contributed by atoms with van der Waals surface area (Å²) in [5, 5.41) is 0. The fourth-order valence-corrected chi connectivity index (χ4v) is 5.82. The summed E-state index contributed by atoms with van der Waals surface area (Å²) in [5.41, 5.74) is 0.0192. The number of benzene rings is 1. The van der Waals surface area contributed by atoms with Gasteiger partial charge in [-0.1, -0.05) is 0 Å². The van der Waals surface area contributed by atoms with Crippen molar-refractivity contribution in [1.82, 2.24) is 19.3 Å². The maximum atomic E-state index is 14.3. The molecule has 1 aliphatic heterocycles. The third-order valence-corrected chi connectivity index (χ3v) is 8.26. The first kappa shape index (κ1) is 31.6. The monoisotopic (exact) mass is 643 g/mol. The quantitative estimate of drug-likeness (QED) is 0.305. The Balaban J connectivity index is 1.37. The van der Waals surface area contributed by atoms with E-state index in [1.54, 1.807) is 37.8 Å². The van der Waals surface area contributed by atoms with Crippen molar-refractivity contribution in [3.8, 4) is 22.8 Å². The number of ether oxygens (including phenoxy) is 3. The van der Waals surface area contributed by atoms with E-state index in [1.807, 2.05) is 0 Å². The summed E-state index contributed by atoms with van der Waals surface area (Å²) in [7, 11) is -3.21. The molecule has 1 amide bonds. The molecule has 12 nitrogen and oxygen atoms in total. The zero-order valence-electron chi connectivity index (χ0n) is 24.9. The van der Waals surface area contributed by atoms with E-state index in [0.29, 0.717) is 48.8 Å². The van der Waals surface area contributed by atoms with Crippen LogP contribution < -0.4 is 19.8 Å². The van der Waals surface area contributed by atoms with Crippen molar-refractivity contribution in [1.29, 1.82) is 0 Å². The Morgan fingerprint density at radius 3 is 2.42 bits per heavy atom. The topological polar surface area (TPSA) is 141 Å². The van der Waals surface area contributed by atoms with Crippen LogP contribution in [-0.2, 0) is 14.8 Å². The van der Waals surface area contributed by atoms with Crippen LogP contribution in [0.5, 0.6) is 11.6 Å². The van der Waals surface area contributed by atoms with Gasteiger partial charge in [0.25, 0.3) is 15.6 Å².